The predicted molar refractivity (Wildman–Crippen MR) is 113 cm³/mol. The summed E-state index contributed by atoms with van der Waals surface area (Å²) in [6.07, 6.45) is 3.14. The summed E-state index contributed by atoms with van der Waals surface area (Å²) < 4.78 is 47.6. The van der Waals surface area contributed by atoms with Gasteiger partial charge in [0.25, 0.3) is 5.56 Å². The zero-order chi connectivity index (χ0) is 23.1. The maximum Gasteiger partial charge on any atom is 0.449 e. The molecule has 33 heavy (non-hydrogen) atoms. The zero-order valence-electron chi connectivity index (χ0n) is 17.8. The number of fused-ring (bicyclic) bond motifs is 5. The summed E-state index contributed by atoms with van der Waals surface area (Å²) in [6.45, 7) is 0.304. The number of rotatable bonds is 2. The third kappa shape index (κ3) is 2.62. The fraction of sp³-hybridized carbons (Fsp3) is 0.333. The first-order valence-corrected chi connectivity index (χ1v) is 10.8. The van der Waals surface area contributed by atoms with Gasteiger partial charge in [0, 0.05) is 31.2 Å². The van der Waals surface area contributed by atoms with Crippen LogP contribution in [0.2, 0.25) is 0 Å². The number of amides is 1. The van der Waals surface area contributed by atoms with Gasteiger partial charge in [0.05, 0.1) is 17.4 Å². The Kier molecular flexibility index (Phi) is 3.98. The minimum absolute atomic E-state index is 0.0619. The van der Waals surface area contributed by atoms with Crippen molar-refractivity contribution < 1.29 is 22.4 Å². The predicted octanol–water partition coefficient (Wildman–Crippen LogP) is 4.24. The highest BCUT2D eigenvalue weighted by Crippen LogP contribution is 2.53. The fourth-order valence-corrected chi connectivity index (χ4v) is 5.53. The smallest absolute Gasteiger partial charge is 0.449 e. The van der Waals surface area contributed by atoms with Crippen molar-refractivity contribution in [2.75, 3.05) is 0 Å². The standard InChI is InChI=1S/C24H20F3N3O3/c1-28-10-8-15-18(28)12-19-23(9-11-29(19)21(15)31)16-4-2-3-5-17(16)30(22(23)32)13-14-6-7-20(33-14)24(25,26)27/h4-8,10,12H,2-3,9,11,13H2,1H3. The minimum Gasteiger partial charge on any atom is -0.455 e. The lowest BCUT2D eigenvalue weighted by atomic mass is 9.75. The Morgan fingerprint density at radius 2 is 1.91 bits per heavy atom. The van der Waals surface area contributed by atoms with Crippen molar-refractivity contribution in [2.24, 2.45) is 7.05 Å². The van der Waals surface area contributed by atoms with E-state index in [1.807, 2.05) is 36.0 Å². The molecule has 170 valence electrons. The lowest BCUT2D eigenvalue weighted by molar-refractivity contribution is -0.153. The van der Waals surface area contributed by atoms with Gasteiger partial charge in [-0.05, 0) is 49.1 Å². The average molecular weight is 455 g/mol. The van der Waals surface area contributed by atoms with Crippen molar-refractivity contribution in [3.8, 4) is 0 Å². The van der Waals surface area contributed by atoms with E-state index in [2.05, 4.69) is 0 Å². The van der Waals surface area contributed by atoms with Crippen LogP contribution in [-0.2, 0) is 36.5 Å². The summed E-state index contributed by atoms with van der Waals surface area (Å²) in [4.78, 5) is 28.7. The van der Waals surface area contributed by atoms with Gasteiger partial charge in [0.15, 0.2) is 0 Å². The number of carbonyl (C=O) groups is 1. The molecule has 1 unspecified atom stereocenters. The number of nitrogens with zero attached hydrogens (tertiary/aromatic N) is 3. The molecule has 0 radical (unpaired) electrons. The van der Waals surface area contributed by atoms with Crippen molar-refractivity contribution in [1.29, 1.82) is 0 Å². The van der Waals surface area contributed by atoms with Crippen molar-refractivity contribution in [2.45, 2.75) is 43.9 Å². The van der Waals surface area contributed by atoms with Crippen LogP contribution in [0, 0.1) is 0 Å². The van der Waals surface area contributed by atoms with E-state index in [-0.39, 0.29) is 23.8 Å². The molecule has 1 atom stereocenters. The van der Waals surface area contributed by atoms with E-state index in [0.717, 1.165) is 30.0 Å². The minimum atomic E-state index is -4.59. The van der Waals surface area contributed by atoms with Crippen LogP contribution >= 0.6 is 0 Å². The number of carbonyl (C=O) groups excluding carboxylic acids is 1. The highest BCUT2D eigenvalue weighted by Gasteiger charge is 2.58. The summed E-state index contributed by atoms with van der Waals surface area (Å²) in [6, 6.07) is 5.83. The lowest BCUT2D eigenvalue weighted by Gasteiger charge is -2.24. The van der Waals surface area contributed by atoms with Crippen molar-refractivity contribution in [1.82, 2.24) is 14.0 Å². The Balaban J connectivity index is 1.49. The van der Waals surface area contributed by atoms with Gasteiger partial charge in [0.1, 0.15) is 11.2 Å². The summed E-state index contributed by atoms with van der Waals surface area (Å²) in [5.41, 5.74) is 1.77. The van der Waals surface area contributed by atoms with Crippen LogP contribution in [0.3, 0.4) is 0 Å². The molecule has 1 spiro atoms. The Labute approximate surface area is 186 Å². The Bertz CT molecular complexity index is 1450. The summed E-state index contributed by atoms with van der Waals surface area (Å²) >= 11 is 0. The highest BCUT2D eigenvalue weighted by atomic mass is 19.4. The zero-order valence-corrected chi connectivity index (χ0v) is 17.8. The molecule has 0 aromatic carbocycles. The van der Waals surface area contributed by atoms with Crippen LogP contribution < -0.4 is 5.56 Å². The van der Waals surface area contributed by atoms with E-state index < -0.39 is 17.4 Å². The van der Waals surface area contributed by atoms with Crippen LogP contribution in [0.1, 0.15) is 36.5 Å². The number of pyridine rings is 1. The van der Waals surface area contributed by atoms with Gasteiger partial charge in [-0.1, -0.05) is 12.2 Å². The van der Waals surface area contributed by atoms with Crippen molar-refractivity contribution >= 4 is 16.8 Å². The molecule has 0 N–H and O–H groups in total. The van der Waals surface area contributed by atoms with Crippen molar-refractivity contribution in [3.63, 3.8) is 0 Å². The molecular weight excluding hydrogens is 435 g/mol. The molecule has 1 amide bonds. The van der Waals surface area contributed by atoms with Gasteiger partial charge < -0.3 is 18.5 Å². The Hall–Kier alpha value is -3.49. The number of aryl methyl sites for hydroxylation is 1. The topological polar surface area (TPSA) is 60.4 Å². The molecule has 6 rings (SSSR count). The molecule has 2 aliphatic heterocycles. The largest absolute Gasteiger partial charge is 0.455 e. The number of aromatic nitrogens is 2. The molecule has 0 saturated carbocycles. The van der Waals surface area contributed by atoms with E-state index in [9.17, 15) is 22.8 Å². The molecule has 0 bridgehead atoms. The number of likely N-dealkylation sites (tertiary alicyclic amines) is 1. The molecule has 1 fully saturated rings. The van der Waals surface area contributed by atoms with Gasteiger partial charge in [-0.15, -0.1) is 0 Å². The normalized spacial score (nSPS) is 22.2. The van der Waals surface area contributed by atoms with Gasteiger partial charge in [0.2, 0.25) is 11.7 Å². The average Bonchev–Trinajstić information content (AvgIpc) is 3.53. The second kappa shape index (κ2) is 6.52. The third-order valence-electron chi connectivity index (χ3n) is 7.05. The summed E-state index contributed by atoms with van der Waals surface area (Å²) in [7, 11) is 1.85. The summed E-state index contributed by atoms with van der Waals surface area (Å²) in [5.74, 6) is -1.26. The van der Waals surface area contributed by atoms with Crippen LogP contribution in [-0.4, -0.2) is 19.9 Å². The maximum atomic E-state index is 14.0. The second-order valence-corrected chi connectivity index (χ2v) is 8.81. The fourth-order valence-electron chi connectivity index (χ4n) is 5.53. The summed E-state index contributed by atoms with van der Waals surface area (Å²) in [5, 5.41) is 0.601. The van der Waals surface area contributed by atoms with Gasteiger partial charge in [-0.25, -0.2) is 0 Å². The molecule has 3 aromatic heterocycles. The number of alkyl halides is 3. The van der Waals surface area contributed by atoms with Crippen LogP contribution in [0.25, 0.3) is 10.9 Å². The molecule has 5 heterocycles. The molecule has 1 saturated heterocycles. The first-order valence-electron chi connectivity index (χ1n) is 10.8. The lowest BCUT2D eigenvalue weighted by Crippen LogP contribution is -2.37. The van der Waals surface area contributed by atoms with Crippen LogP contribution in [0.4, 0.5) is 13.2 Å². The van der Waals surface area contributed by atoms with E-state index in [4.69, 9.17) is 4.42 Å². The van der Waals surface area contributed by atoms with Crippen LogP contribution in [0.5, 0.6) is 0 Å². The molecule has 1 aliphatic carbocycles. The molecule has 3 aliphatic rings. The monoisotopic (exact) mass is 455 g/mol. The molecule has 6 nitrogen and oxygen atoms in total. The maximum absolute atomic E-state index is 14.0. The number of halogens is 3. The van der Waals surface area contributed by atoms with E-state index >= 15 is 0 Å². The highest BCUT2D eigenvalue weighted by molar-refractivity contribution is 6.00. The van der Waals surface area contributed by atoms with Crippen molar-refractivity contribution in [3.05, 3.63) is 81.5 Å². The molecular formula is C24H20F3N3O3. The van der Waals surface area contributed by atoms with E-state index in [1.54, 1.807) is 10.6 Å². The molecule has 3 aromatic rings. The van der Waals surface area contributed by atoms with Gasteiger partial charge in [-0.2, -0.15) is 13.2 Å². The second-order valence-electron chi connectivity index (χ2n) is 8.81. The number of allylic oxidation sites excluding steroid dienone is 3. The molecule has 9 heteroatoms. The van der Waals surface area contributed by atoms with Gasteiger partial charge >= 0.3 is 6.18 Å². The quantitative estimate of drug-likeness (QED) is 0.581. The third-order valence-corrected chi connectivity index (χ3v) is 7.05. The number of hydrogen-bond donors (Lipinski definition) is 0. The Morgan fingerprint density at radius 1 is 1.12 bits per heavy atom. The first-order chi connectivity index (χ1) is 15.7. The van der Waals surface area contributed by atoms with E-state index in [1.165, 1.54) is 11.0 Å². The van der Waals surface area contributed by atoms with E-state index in [0.29, 0.717) is 29.7 Å². The number of hydrogen-bond acceptors (Lipinski definition) is 3. The SMILES string of the molecule is Cn1ccc2c(=O)n3c(cc21)C1(CC3)C(=O)N(Cc2ccc(C(F)(F)F)o2)C2=CCCC=C21. The number of furan rings is 1. The van der Waals surface area contributed by atoms with Gasteiger partial charge in [-0.3, -0.25) is 9.59 Å². The van der Waals surface area contributed by atoms with Crippen LogP contribution in [0.15, 0.2) is 63.1 Å². The Morgan fingerprint density at radius 3 is 2.67 bits per heavy atom. The first kappa shape index (κ1) is 20.1.